The number of rotatable bonds is 4. The minimum Gasteiger partial charge on any atom is -0.381 e. The maximum atomic E-state index is 5.71. The smallest absolute Gasteiger partial charge is 0.0497 e. The molecule has 0 aromatic carbocycles. The van der Waals surface area contributed by atoms with E-state index in [1.54, 1.807) is 0 Å². The van der Waals surface area contributed by atoms with Gasteiger partial charge in [0.25, 0.3) is 0 Å². The van der Waals surface area contributed by atoms with Crippen LogP contribution >= 0.6 is 0 Å². The Hall–Kier alpha value is -0.0800. The summed E-state index contributed by atoms with van der Waals surface area (Å²) in [6.45, 7) is 4.67. The van der Waals surface area contributed by atoms with Crippen LogP contribution < -0.4 is 5.73 Å². The summed E-state index contributed by atoms with van der Waals surface area (Å²) in [7, 11) is 0. The summed E-state index contributed by atoms with van der Waals surface area (Å²) >= 11 is 0. The van der Waals surface area contributed by atoms with Gasteiger partial charge in [-0.1, -0.05) is 12.8 Å². The average Bonchev–Trinajstić information content (AvgIpc) is 2.15. The summed E-state index contributed by atoms with van der Waals surface area (Å²) in [6, 6.07) is 0. The van der Waals surface area contributed by atoms with Crippen molar-refractivity contribution >= 4 is 0 Å². The van der Waals surface area contributed by atoms with Gasteiger partial charge in [0.1, 0.15) is 0 Å². The van der Waals surface area contributed by atoms with Gasteiger partial charge < -0.3 is 10.5 Å². The lowest BCUT2D eigenvalue weighted by Gasteiger charge is -2.30. The molecule has 0 radical (unpaired) electrons. The Morgan fingerprint density at radius 1 is 1.25 bits per heavy atom. The van der Waals surface area contributed by atoms with E-state index in [1.165, 1.54) is 25.7 Å². The van der Waals surface area contributed by atoms with Crippen LogP contribution in [0.4, 0.5) is 0 Å². The third kappa shape index (κ3) is 2.76. The standard InChI is InChI=1S/C10H21NO/c1-2-12-8-10-6-4-3-5-9(10)7-11/h9-10H,2-8,11H2,1H3. The number of nitrogens with two attached hydrogens (primary N) is 1. The largest absolute Gasteiger partial charge is 0.381 e. The van der Waals surface area contributed by atoms with Crippen molar-refractivity contribution in [2.24, 2.45) is 17.6 Å². The van der Waals surface area contributed by atoms with Crippen LogP contribution in [0.3, 0.4) is 0 Å². The van der Waals surface area contributed by atoms with E-state index in [2.05, 4.69) is 6.92 Å². The molecule has 2 nitrogen and oxygen atoms in total. The maximum absolute atomic E-state index is 5.71. The molecule has 72 valence electrons. The molecule has 0 aromatic rings. The quantitative estimate of drug-likeness (QED) is 0.700. The number of ether oxygens (including phenoxy) is 1. The predicted molar refractivity (Wildman–Crippen MR) is 51.0 cm³/mol. The molecular formula is C10H21NO. The van der Waals surface area contributed by atoms with Gasteiger partial charge in [0.2, 0.25) is 0 Å². The van der Waals surface area contributed by atoms with Crippen molar-refractivity contribution in [3.63, 3.8) is 0 Å². The summed E-state index contributed by atoms with van der Waals surface area (Å²) in [5.74, 6) is 1.47. The maximum Gasteiger partial charge on any atom is 0.0497 e. The number of hydrogen-bond donors (Lipinski definition) is 1. The predicted octanol–water partition coefficient (Wildman–Crippen LogP) is 1.79. The molecule has 1 aliphatic carbocycles. The molecule has 0 aromatic heterocycles. The molecule has 2 N–H and O–H groups in total. The third-order valence-electron chi connectivity index (χ3n) is 2.91. The van der Waals surface area contributed by atoms with Crippen molar-refractivity contribution in [3.8, 4) is 0 Å². The first kappa shape index (κ1) is 10.0. The van der Waals surface area contributed by atoms with Crippen LogP contribution in [0.5, 0.6) is 0 Å². The second kappa shape index (κ2) is 5.55. The number of hydrogen-bond acceptors (Lipinski definition) is 2. The molecule has 1 aliphatic rings. The zero-order chi connectivity index (χ0) is 8.81. The summed E-state index contributed by atoms with van der Waals surface area (Å²) in [5, 5.41) is 0. The molecule has 0 aliphatic heterocycles. The first-order chi connectivity index (χ1) is 5.88. The van der Waals surface area contributed by atoms with E-state index < -0.39 is 0 Å². The summed E-state index contributed by atoms with van der Waals surface area (Å²) in [5.41, 5.74) is 5.71. The van der Waals surface area contributed by atoms with Gasteiger partial charge in [-0.3, -0.25) is 0 Å². The molecule has 1 saturated carbocycles. The van der Waals surface area contributed by atoms with Gasteiger partial charge in [-0.25, -0.2) is 0 Å². The molecule has 2 atom stereocenters. The molecule has 0 saturated heterocycles. The van der Waals surface area contributed by atoms with Crippen LogP contribution in [-0.4, -0.2) is 19.8 Å². The average molecular weight is 171 g/mol. The van der Waals surface area contributed by atoms with Gasteiger partial charge in [0, 0.05) is 13.2 Å². The van der Waals surface area contributed by atoms with Gasteiger partial charge in [-0.2, -0.15) is 0 Å². The first-order valence-electron chi connectivity index (χ1n) is 5.16. The first-order valence-corrected chi connectivity index (χ1v) is 5.16. The van der Waals surface area contributed by atoms with Gasteiger partial charge >= 0.3 is 0 Å². The fraction of sp³-hybridized carbons (Fsp3) is 1.00. The lowest BCUT2D eigenvalue weighted by atomic mass is 9.80. The normalized spacial score (nSPS) is 30.5. The fourth-order valence-electron chi connectivity index (χ4n) is 2.08. The fourth-order valence-corrected chi connectivity index (χ4v) is 2.08. The highest BCUT2D eigenvalue weighted by atomic mass is 16.5. The Morgan fingerprint density at radius 3 is 2.50 bits per heavy atom. The lowest BCUT2D eigenvalue weighted by Crippen LogP contribution is -2.29. The highest BCUT2D eigenvalue weighted by molar-refractivity contribution is 4.75. The molecule has 0 spiro atoms. The lowest BCUT2D eigenvalue weighted by molar-refractivity contribution is 0.0686. The topological polar surface area (TPSA) is 35.2 Å². The van der Waals surface area contributed by atoms with Crippen molar-refractivity contribution in [3.05, 3.63) is 0 Å². The van der Waals surface area contributed by atoms with E-state index in [0.29, 0.717) is 0 Å². The Kier molecular flexibility index (Phi) is 4.62. The van der Waals surface area contributed by atoms with Crippen LogP contribution in [0.25, 0.3) is 0 Å². The van der Waals surface area contributed by atoms with Gasteiger partial charge in [0.15, 0.2) is 0 Å². The van der Waals surface area contributed by atoms with E-state index in [1.807, 2.05) is 0 Å². The van der Waals surface area contributed by atoms with E-state index in [-0.39, 0.29) is 0 Å². The third-order valence-corrected chi connectivity index (χ3v) is 2.91. The zero-order valence-corrected chi connectivity index (χ0v) is 8.09. The Morgan fingerprint density at radius 2 is 1.92 bits per heavy atom. The second-order valence-electron chi connectivity index (χ2n) is 3.70. The molecule has 2 unspecified atom stereocenters. The molecule has 1 rings (SSSR count). The zero-order valence-electron chi connectivity index (χ0n) is 8.09. The highest BCUT2D eigenvalue weighted by Gasteiger charge is 2.23. The van der Waals surface area contributed by atoms with Gasteiger partial charge in [-0.15, -0.1) is 0 Å². The van der Waals surface area contributed by atoms with Crippen LogP contribution in [0.2, 0.25) is 0 Å². The van der Waals surface area contributed by atoms with E-state index in [9.17, 15) is 0 Å². The Labute approximate surface area is 75.5 Å². The van der Waals surface area contributed by atoms with E-state index >= 15 is 0 Å². The molecule has 0 bridgehead atoms. The minimum absolute atomic E-state index is 0.727. The highest BCUT2D eigenvalue weighted by Crippen LogP contribution is 2.29. The van der Waals surface area contributed by atoms with Crippen molar-refractivity contribution in [1.29, 1.82) is 0 Å². The summed E-state index contributed by atoms with van der Waals surface area (Å²) in [4.78, 5) is 0. The summed E-state index contributed by atoms with van der Waals surface area (Å²) < 4.78 is 5.45. The van der Waals surface area contributed by atoms with Crippen LogP contribution in [0.15, 0.2) is 0 Å². The van der Waals surface area contributed by atoms with Gasteiger partial charge in [0.05, 0.1) is 0 Å². The molecule has 2 heteroatoms. The van der Waals surface area contributed by atoms with Crippen LogP contribution in [0, 0.1) is 11.8 Å². The van der Waals surface area contributed by atoms with E-state index in [0.717, 1.165) is 31.6 Å². The molecular weight excluding hydrogens is 150 g/mol. The van der Waals surface area contributed by atoms with Crippen molar-refractivity contribution < 1.29 is 4.74 Å². The second-order valence-corrected chi connectivity index (χ2v) is 3.70. The monoisotopic (exact) mass is 171 g/mol. The SMILES string of the molecule is CCOCC1CCCCC1CN. The van der Waals surface area contributed by atoms with Crippen molar-refractivity contribution in [2.75, 3.05) is 19.8 Å². The molecule has 0 heterocycles. The van der Waals surface area contributed by atoms with Crippen LogP contribution in [-0.2, 0) is 4.74 Å². The van der Waals surface area contributed by atoms with Crippen molar-refractivity contribution in [1.82, 2.24) is 0 Å². The molecule has 12 heavy (non-hydrogen) atoms. The Balaban J connectivity index is 2.26. The molecule has 0 amide bonds. The van der Waals surface area contributed by atoms with Crippen molar-refractivity contribution in [2.45, 2.75) is 32.6 Å². The molecule has 1 fully saturated rings. The minimum atomic E-state index is 0.727. The Bertz CT molecular complexity index is 116. The van der Waals surface area contributed by atoms with Crippen LogP contribution in [0.1, 0.15) is 32.6 Å². The van der Waals surface area contributed by atoms with Gasteiger partial charge in [-0.05, 0) is 38.1 Å². The summed E-state index contributed by atoms with van der Waals surface area (Å²) in [6.07, 6.45) is 5.37. The van der Waals surface area contributed by atoms with E-state index in [4.69, 9.17) is 10.5 Å².